The average molecular weight is 362 g/mol. The molecule has 2 aliphatic rings. The van der Waals surface area contributed by atoms with E-state index < -0.39 is 0 Å². The highest BCUT2D eigenvalue weighted by Crippen LogP contribution is 2.25. The molecule has 5 heteroatoms. The maximum absolute atomic E-state index is 13.2. The number of halogens is 1. The van der Waals surface area contributed by atoms with Crippen molar-refractivity contribution in [3.63, 3.8) is 0 Å². The van der Waals surface area contributed by atoms with Crippen LogP contribution in [0.5, 0.6) is 0 Å². The molecule has 2 aliphatic heterocycles. The van der Waals surface area contributed by atoms with E-state index in [1.807, 2.05) is 11.0 Å². The summed E-state index contributed by atoms with van der Waals surface area (Å²) in [5.74, 6) is 0.666. The Balaban J connectivity index is 1.42. The van der Waals surface area contributed by atoms with Crippen molar-refractivity contribution in [2.75, 3.05) is 46.3 Å². The number of carbonyl (C=O) groups excluding carboxylic acids is 1. The van der Waals surface area contributed by atoms with Crippen molar-refractivity contribution in [1.29, 1.82) is 0 Å². The molecule has 1 aromatic carbocycles. The van der Waals surface area contributed by atoms with E-state index in [9.17, 15) is 9.18 Å². The smallest absolute Gasteiger partial charge is 0.222 e. The highest BCUT2D eigenvalue weighted by molar-refractivity contribution is 5.76. The number of piperazine rings is 1. The molecule has 2 fully saturated rings. The summed E-state index contributed by atoms with van der Waals surface area (Å²) >= 11 is 0. The molecular formula is C21H32FN3O. The predicted molar refractivity (Wildman–Crippen MR) is 103 cm³/mol. The minimum absolute atomic E-state index is 0.208. The molecule has 1 unspecified atom stereocenters. The van der Waals surface area contributed by atoms with Gasteiger partial charge in [-0.3, -0.25) is 9.69 Å². The van der Waals surface area contributed by atoms with Crippen LogP contribution < -0.4 is 0 Å². The molecule has 0 spiro atoms. The Hall–Kier alpha value is -1.46. The van der Waals surface area contributed by atoms with Gasteiger partial charge in [0.15, 0.2) is 0 Å². The topological polar surface area (TPSA) is 26.8 Å². The number of aryl methyl sites for hydroxylation is 1. The Morgan fingerprint density at radius 1 is 1.15 bits per heavy atom. The number of carbonyl (C=O) groups is 1. The number of rotatable bonds is 5. The summed E-state index contributed by atoms with van der Waals surface area (Å²) in [5.41, 5.74) is 0.900. The van der Waals surface area contributed by atoms with Crippen molar-refractivity contribution in [2.24, 2.45) is 5.92 Å². The fourth-order valence-electron chi connectivity index (χ4n) is 4.26. The fraction of sp³-hybridized carbons (Fsp3) is 0.667. The van der Waals surface area contributed by atoms with Crippen LogP contribution in [0.2, 0.25) is 0 Å². The number of likely N-dealkylation sites (tertiary alicyclic amines) is 1. The maximum Gasteiger partial charge on any atom is 0.222 e. The normalized spacial score (nSPS) is 21.7. The van der Waals surface area contributed by atoms with Crippen molar-refractivity contribution in [3.05, 3.63) is 35.6 Å². The van der Waals surface area contributed by atoms with Crippen LogP contribution in [0.15, 0.2) is 24.3 Å². The van der Waals surface area contributed by atoms with Gasteiger partial charge in [-0.1, -0.05) is 12.1 Å². The summed E-state index contributed by atoms with van der Waals surface area (Å²) < 4.78 is 13.2. The molecule has 4 nitrogen and oxygen atoms in total. The van der Waals surface area contributed by atoms with Crippen LogP contribution in [-0.2, 0) is 11.2 Å². The Bertz CT molecular complexity index is 593. The van der Waals surface area contributed by atoms with Crippen LogP contribution in [-0.4, -0.2) is 73.0 Å². The van der Waals surface area contributed by atoms with Gasteiger partial charge in [-0.2, -0.15) is 0 Å². The number of benzene rings is 1. The zero-order valence-corrected chi connectivity index (χ0v) is 16.2. The van der Waals surface area contributed by atoms with Crippen LogP contribution >= 0.6 is 0 Å². The van der Waals surface area contributed by atoms with E-state index in [1.54, 1.807) is 6.07 Å². The summed E-state index contributed by atoms with van der Waals surface area (Å²) in [6, 6.07) is 7.17. The zero-order chi connectivity index (χ0) is 18.5. The van der Waals surface area contributed by atoms with E-state index >= 15 is 0 Å². The summed E-state index contributed by atoms with van der Waals surface area (Å²) in [6.07, 6.45) is 3.29. The largest absolute Gasteiger partial charge is 0.343 e. The van der Waals surface area contributed by atoms with Gasteiger partial charge in [-0.15, -0.1) is 0 Å². The summed E-state index contributed by atoms with van der Waals surface area (Å²) in [4.78, 5) is 19.5. The number of hydrogen-bond acceptors (Lipinski definition) is 3. The van der Waals surface area contributed by atoms with E-state index in [0.717, 1.165) is 57.7 Å². The molecule has 0 N–H and O–H groups in total. The molecule has 0 saturated carbocycles. The van der Waals surface area contributed by atoms with Gasteiger partial charge in [0.05, 0.1) is 0 Å². The third kappa shape index (κ3) is 5.04. The Morgan fingerprint density at radius 3 is 2.50 bits per heavy atom. The van der Waals surface area contributed by atoms with Gasteiger partial charge in [0.1, 0.15) is 5.82 Å². The lowest BCUT2D eigenvalue weighted by Gasteiger charge is -2.42. The Morgan fingerprint density at radius 2 is 1.85 bits per heavy atom. The number of likely N-dealkylation sites (N-methyl/N-ethyl adjacent to an activating group) is 1. The molecule has 3 rings (SSSR count). The fourth-order valence-corrected chi connectivity index (χ4v) is 4.26. The number of hydrogen-bond donors (Lipinski definition) is 0. The molecule has 26 heavy (non-hydrogen) atoms. The molecule has 1 atom stereocenters. The minimum atomic E-state index is -0.228. The van der Waals surface area contributed by atoms with Crippen molar-refractivity contribution >= 4 is 5.91 Å². The molecular weight excluding hydrogens is 329 g/mol. The average Bonchev–Trinajstić information content (AvgIpc) is 2.66. The number of amides is 1. The Labute approximate surface area is 157 Å². The van der Waals surface area contributed by atoms with Gasteiger partial charge < -0.3 is 9.80 Å². The number of piperidine rings is 1. The van der Waals surface area contributed by atoms with Crippen LogP contribution in [0.3, 0.4) is 0 Å². The molecule has 0 bridgehead atoms. The summed E-state index contributed by atoms with van der Waals surface area (Å²) in [5, 5.41) is 0. The van der Waals surface area contributed by atoms with Gasteiger partial charge in [0, 0.05) is 51.7 Å². The first-order valence-electron chi connectivity index (χ1n) is 9.98. The van der Waals surface area contributed by atoms with E-state index in [2.05, 4.69) is 23.8 Å². The second-order valence-corrected chi connectivity index (χ2v) is 7.93. The second-order valence-electron chi connectivity index (χ2n) is 7.93. The third-order valence-electron chi connectivity index (χ3n) is 6.20. The molecule has 2 saturated heterocycles. The van der Waals surface area contributed by atoms with Gasteiger partial charge in [-0.05, 0) is 56.8 Å². The molecule has 0 aliphatic carbocycles. The van der Waals surface area contributed by atoms with E-state index in [4.69, 9.17) is 0 Å². The zero-order valence-electron chi connectivity index (χ0n) is 16.2. The predicted octanol–water partition coefficient (Wildman–Crippen LogP) is 2.63. The summed E-state index contributed by atoms with van der Waals surface area (Å²) in [7, 11) is 2.19. The SMILES string of the molecule is CC(C1CCN(C(=O)CCc2cccc(F)c2)CC1)N1CCN(C)CC1. The molecule has 0 radical (unpaired) electrons. The first-order valence-corrected chi connectivity index (χ1v) is 9.98. The third-order valence-corrected chi connectivity index (χ3v) is 6.20. The van der Waals surface area contributed by atoms with Crippen LogP contribution in [0.1, 0.15) is 31.7 Å². The van der Waals surface area contributed by atoms with Crippen LogP contribution in [0, 0.1) is 11.7 Å². The first-order chi connectivity index (χ1) is 12.5. The van der Waals surface area contributed by atoms with Crippen molar-refractivity contribution in [1.82, 2.24) is 14.7 Å². The van der Waals surface area contributed by atoms with E-state index in [0.29, 0.717) is 24.8 Å². The quantitative estimate of drug-likeness (QED) is 0.807. The van der Waals surface area contributed by atoms with Crippen molar-refractivity contribution in [2.45, 2.75) is 38.6 Å². The number of nitrogens with zero attached hydrogens (tertiary/aromatic N) is 3. The van der Waals surface area contributed by atoms with Gasteiger partial charge in [0.25, 0.3) is 0 Å². The highest BCUT2D eigenvalue weighted by atomic mass is 19.1. The van der Waals surface area contributed by atoms with Crippen molar-refractivity contribution < 1.29 is 9.18 Å². The second kappa shape index (κ2) is 8.96. The summed E-state index contributed by atoms with van der Waals surface area (Å²) in [6.45, 7) is 8.71. The lowest BCUT2D eigenvalue weighted by atomic mass is 9.89. The Kier molecular flexibility index (Phi) is 6.65. The lowest BCUT2D eigenvalue weighted by molar-refractivity contribution is -0.132. The monoisotopic (exact) mass is 361 g/mol. The van der Waals surface area contributed by atoms with Gasteiger partial charge in [-0.25, -0.2) is 4.39 Å². The molecule has 1 amide bonds. The maximum atomic E-state index is 13.2. The van der Waals surface area contributed by atoms with Gasteiger partial charge in [0.2, 0.25) is 5.91 Å². The molecule has 0 aromatic heterocycles. The molecule has 1 aromatic rings. The lowest BCUT2D eigenvalue weighted by Crippen LogP contribution is -2.52. The van der Waals surface area contributed by atoms with E-state index in [-0.39, 0.29) is 11.7 Å². The highest BCUT2D eigenvalue weighted by Gasteiger charge is 2.30. The van der Waals surface area contributed by atoms with Crippen LogP contribution in [0.25, 0.3) is 0 Å². The first kappa shape index (κ1) is 19.3. The minimum Gasteiger partial charge on any atom is -0.343 e. The standard InChI is InChI=1S/C21H32FN3O/c1-17(24-14-12-23(2)13-15-24)19-8-10-25(11-9-19)21(26)7-6-18-4-3-5-20(22)16-18/h3-5,16-17,19H,6-15H2,1-2H3. The van der Waals surface area contributed by atoms with Crippen LogP contribution in [0.4, 0.5) is 4.39 Å². The molecule has 2 heterocycles. The molecule has 144 valence electrons. The van der Waals surface area contributed by atoms with E-state index in [1.165, 1.54) is 12.1 Å². The van der Waals surface area contributed by atoms with Gasteiger partial charge >= 0.3 is 0 Å². The van der Waals surface area contributed by atoms with Crippen molar-refractivity contribution in [3.8, 4) is 0 Å².